The molecule has 0 aliphatic carbocycles. The summed E-state index contributed by atoms with van der Waals surface area (Å²) in [6, 6.07) is 3.49. The van der Waals surface area contributed by atoms with Crippen LogP contribution in [0.3, 0.4) is 0 Å². The van der Waals surface area contributed by atoms with E-state index in [1.165, 1.54) is 12.3 Å². The number of hydrogen-bond acceptors (Lipinski definition) is 5. The Morgan fingerprint density at radius 1 is 1.33 bits per heavy atom. The summed E-state index contributed by atoms with van der Waals surface area (Å²) in [6.45, 7) is 3.61. The van der Waals surface area contributed by atoms with E-state index >= 15 is 0 Å². The Hall–Kier alpha value is -2.61. The second-order valence-corrected chi connectivity index (χ2v) is 6.11. The predicted octanol–water partition coefficient (Wildman–Crippen LogP) is 3.39. The van der Waals surface area contributed by atoms with Crippen molar-refractivity contribution in [1.29, 1.82) is 0 Å². The molecule has 8 heteroatoms. The summed E-state index contributed by atoms with van der Waals surface area (Å²) in [7, 11) is 1.57. The van der Waals surface area contributed by atoms with Crippen LogP contribution in [-0.4, -0.2) is 24.2 Å². The molecule has 1 aromatic carbocycles. The van der Waals surface area contributed by atoms with Crippen LogP contribution in [0.25, 0.3) is 10.6 Å². The predicted molar refractivity (Wildman–Crippen MR) is 92.1 cm³/mol. The molecule has 5 nitrogen and oxygen atoms in total. The summed E-state index contributed by atoms with van der Waals surface area (Å²) in [6.07, 6.45) is 1.49. The molecular formula is C16H16F2N4OS. The zero-order valence-corrected chi connectivity index (χ0v) is 14.2. The van der Waals surface area contributed by atoms with Gasteiger partial charge in [0.15, 0.2) is 5.69 Å². The van der Waals surface area contributed by atoms with Gasteiger partial charge in [0.1, 0.15) is 21.6 Å². The van der Waals surface area contributed by atoms with Crippen molar-refractivity contribution in [1.82, 2.24) is 10.3 Å². The highest BCUT2D eigenvalue weighted by Gasteiger charge is 2.21. The van der Waals surface area contributed by atoms with E-state index in [-0.39, 0.29) is 21.3 Å². The van der Waals surface area contributed by atoms with Crippen molar-refractivity contribution < 1.29 is 13.6 Å². The number of thiazole rings is 1. The average molecular weight is 350 g/mol. The standard InChI is InChI=1S/C16H16F2N4OS/c1-8(2)11(7-20-3)21-15(23)13-14(19)24-16(22-13)12-9(17)5-4-6-10(12)18/h4-7H,19H2,1-3H3,(H,21,23). The van der Waals surface area contributed by atoms with Gasteiger partial charge in [-0.3, -0.25) is 9.79 Å². The van der Waals surface area contributed by atoms with E-state index in [2.05, 4.69) is 15.3 Å². The number of carbonyl (C=O) groups is 1. The van der Waals surface area contributed by atoms with Gasteiger partial charge in [0.2, 0.25) is 0 Å². The van der Waals surface area contributed by atoms with Crippen LogP contribution in [0.4, 0.5) is 13.8 Å². The lowest BCUT2D eigenvalue weighted by molar-refractivity contribution is 0.0964. The summed E-state index contributed by atoms with van der Waals surface area (Å²) < 4.78 is 27.7. The smallest absolute Gasteiger partial charge is 0.277 e. The Morgan fingerprint density at radius 3 is 2.50 bits per heavy atom. The number of halogens is 2. The molecule has 1 aromatic heterocycles. The Labute approximate surface area is 141 Å². The molecular weight excluding hydrogens is 334 g/mol. The van der Waals surface area contributed by atoms with Gasteiger partial charge in [0, 0.05) is 13.3 Å². The summed E-state index contributed by atoms with van der Waals surface area (Å²) >= 11 is 0.849. The third kappa shape index (κ3) is 3.65. The maximum atomic E-state index is 13.9. The van der Waals surface area contributed by atoms with Crippen molar-refractivity contribution in [3.63, 3.8) is 0 Å². The monoisotopic (exact) mass is 350 g/mol. The number of nitrogens with zero attached hydrogens (tertiary/aromatic N) is 2. The molecule has 1 amide bonds. The number of nitrogen functional groups attached to an aromatic ring is 1. The number of aromatic nitrogens is 1. The maximum Gasteiger partial charge on any atom is 0.277 e. The first kappa shape index (κ1) is 17.7. The van der Waals surface area contributed by atoms with Crippen LogP contribution in [0, 0.1) is 11.6 Å². The molecule has 0 atom stereocenters. The van der Waals surface area contributed by atoms with Crippen molar-refractivity contribution in [3.05, 3.63) is 46.8 Å². The van der Waals surface area contributed by atoms with Crippen molar-refractivity contribution in [2.24, 2.45) is 4.99 Å². The molecule has 0 bridgehead atoms. The molecule has 1 heterocycles. The fraction of sp³-hybridized carbons (Fsp3) is 0.188. The number of allylic oxidation sites excluding steroid dienone is 2. The summed E-state index contributed by atoms with van der Waals surface area (Å²) in [5.74, 6) is -2.10. The molecule has 126 valence electrons. The van der Waals surface area contributed by atoms with Crippen molar-refractivity contribution >= 4 is 28.5 Å². The zero-order valence-electron chi connectivity index (χ0n) is 13.4. The van der Waals surface area contributed by atoms with Crippen LogP contribution in [0.2, 0.25) is 0 Å². The summed E-state index contributed by atoms with van der Waals surface area (Å²) in [5, 5.41) is 2.72. The average Bonchev–Trinajstić information content (AvgIpc) is 2.88. The lowest BCUT2D eigenvalue weighted by atomic mass is 10.2. The van der Waals surface area contributed by atoms with Crippen LogP contribution in [0.1, 0.15) is 24.3 Å². The third-order valence-corrected chi connectivity index (χ3v) is 3.99. The molecule has 2 rings (SSSR count). The van der Waals surface area contributed by atoms with E-state index in [9.17, 15) is 13.6 Å². The van der Waals surface area contributed by atoms with Gasteiger partial charge < -0.3 is 11.1 Å². The molecule has 0 spiro atoms. The molecule has 0 fully saturated rings. The van der Waals surface area contributed by atoms with Gasteiger partial charge in [0.05, 0.1) is 11.3 Å². The van der Waals surface area contributed by atoms with Crippen LogP contribution in [0.5, 0.6) is 0 Å². The number of aliphatic imine (C=N–C) groups is 1. The van der Waals surface area contributed by atoms with E-state index in [0.717, 1.165) is 29.0 Å². The topological polar surface area (TPSA) is 80.4 Å². The van der Waals surface area contributed by atoms with Gasteiger partial charge >= 0.3 is 0 Å². The first-order valence-electron chi connectivity index (χ1n) is 6.96. The number of benzene rings is 1. The van der Waals surface area contributed by atoms with E-state index in [0.29, 0.717) is 5.70 Å². The van der Waals surface area contributed by atoms with E-state index in [4.69, 9.17) is 5.73 Å². The van der Waals surface area contributed by atoms with Gasteiger partial charge in [-0.15, -0.1) is 0 Å². The van der Waals surface area contributed by atoms with Gasteiger partial charge in [-0.2, -0.15) is 0 Å². The van der Waals surface area contributed by atoms with Crippen LogP contribution in [-0.2, 0) is 0 Å². The SMILES string of the molecule is CN=CC(NC(=O)c1nc(-c2c(F)cccc2F)sc1N)=C(C)C. The molecule has 0 saturated heterocycles. The Bertz CT molecular complexity index is 818. The van der Waals surface area contributed by atoms with Gasteiger partial charge in [-0.25, -0.2) is 13.8 Å². The number of rotatable bonds is 4. The molecule has 0 aliphatic rings. The zero-order chi connectivity index (χ0) is 17.9. The van der Waals surface area contributed by atoms with Crippen LogP contribution < -0.4 is 11.1 Å². The molecule has 0 radical (unpaired) electrons. The highest BCUT2D eigenvalue weighted by Crippen LogP contribution is 2.33. The first-order valence-corrected chi connectivity index (χ1v) is 7.78. The number of anilines is 1. The number of nitrogens with two attached hydrogens (primary N) is 1. The minimum absolute atomic E-state index is 0.0103. The first-order chi connectivity index (χ1) is 11.3. The molecule has 3 N–H and O–H groups in total. The fourth-order valence-electron chi connectivity index (χ4n) is 1.90. The minimum atomic E-state index is -0.765. The molecule has 0 aliphatic heterocycles. The molecule has 24 heavy (non-hydrogen) atoms. The maximum absolute atomic E-state index is 13.9. The van der Waals surface area contributed by atoms with E-state index < -0.39 is 17.5 Å². The van der Waals surface area contributed by atoms with Gasteiger partial charge in [0.25, 0.3) is 5.91 Å². The lowest BCUT2D eigenvalue weighted by Crippen LogP contribution is -2.25. The molecule has 0 saturated carbocycles. The number of carbonyl (C=O) groups excluding carboxylic acids is 1. The van der Waals surface area contributed by atoms with E-state index in [1.807, 2.05) is 13.8 Å². The second-order valence-electron chi connectivity index (χ2n) is 5.08. The van der Waals surface area contributed by atoms with Crippen molar-refractivity contribution in [2.75, 3.05) is 12.8 Å². The second kappa shape index (κ2) is 7.31. The molecule has 2 aromatic rings. The summed E-state index contributed by atoms with van der Waals surface area (Å²) in [4.78, 5) is 20.2. The quantitative estimate of drug-likeness (QED) is 0.830. The van der Waals surface area contributed by atoms with E-state index in [1.54, 1.807) is 7.05 Å². The lowest BCUT2D eigenvalue weighted by Gasteiger charge is -2.06. The Morgan fingerprint density at radius 2 is 1.96 bits per heavy atom. The Balaban J connectivity index is 2.39. The number of amides is 1. The summed E-state index contributed by atoms with van der Waals surface area (Å²) in [5.41, 5.74) is 6.77. The Kier molecular flexibility index (Phi) is 5.40. The molecule has 0 unspecified atom stereocenters. The normalized spacial score (nSPS) is 10.9. The highest BCUT2D eigenvalue weighted by molar-refractivity contribution is 7.19. The van der Waals surface area contributed by atoms with Crippen LogP contribution >= 0.6 is 11.3 Å². The van der Waals surface area contributed by atoms with Gasteiger partial charge in [-0.05, 0) is 26.0 Å². The number of nitrogens with one attached hydrogen (secondary N) is 1. The fourth-order valence-corrected chi connectivity index (χ4v) is 2.78. The minimum Gasteiger partial charge on any atom is -0.389 e. The third-order valence-electron chi connectivity index (χ3n) is 3.09. The van der Waals surface area contributed by atoms with Crippen molar-refractivity contribution in [3.8, 4) is 10.6 Å². The highest BCUT2D eigenvalue weighted by atomic mass is 32.1. The largest absolute Gasteiger partial charge is 0.389 e. The van der Waals surface area contributed by atoms with Crippen LogP contribution in [0.15, 0.2) is 34.5 Å². The number of hydrogen-bond donors (Lipinski definition) is 2. The van der Waals surface area contributed by atoms with Crippen molar-refractivity contribution in [2.45, 2.75) is 13.8 Å². The van der Waals surface area contributed by atoms with Gasteiger partial charge in [-0.1, -0.05) is 23.0 Å².